The largest absolute Gasteiger partial charge is 0.496 e. The van der Waals surface area contributed by atoms with Gasteiger partial charge in [0.1, 0.15) is 11.6 Å². The second kappa shape index (κ2) is 8.07. The van der Waals surface area contributed by atoms with Crippen molar-refractivity contribution >= 4 is 35.1 Å². The van der Waals surface area contributed by atoms with Crippen LogP contribution in [-0.4, -0.2) is 41.7 Å². The standard InChI is InChI=1S/C15H12ClFN2O4S/c1-22-12-4-3-8(17)5-9(12)11(20)7-23-14(21)13-10(16)6-18-15(19-13)24-2/h3-6H,7H2,1-2H3. The van der Waals surface area contributed by atoms with Gasteiger partial charge < -0.3 is 9.47 Å². The van der Waals surface area contributed by atoms with Crippen molar-refractivity contribution in [2.24, 2.45) is 0 Å². The van der Waals surface area contributed by atoms with Gasteiger partial charge >= 0.3 is 5.97 Å². The van der Waals surface area contributed by atoms with Gasteiger partial charge in [0.2, 0.25) is 5.78 Å². The van der Waals surface area contributed by atoms with E-state index in [4.69, 9.17) is 21.1 Å². The minimum absolute atomic E-state index is 0.00795. The van der Waals surface area contributed by atoms with Gasteiger partial charge in [0.15, 0.2) is 17.5 Å². The third-order valence-electron chi connectivity index (χ3n) is 2.89. The van der Waals surface area contributed by atoms with E-state index in [-0.39, 0.29) is 22.0 Å². The second-order valence-corrected chi connectivity index (χ2v) is 5.58. The predicted molar refractivity (Wildman–Crippen MR) is 86.4 cm³/mol. The quantitative estimate of drug-likeness (QED) is 0.334. The summed E-state index contributed by atoms with van der Waals surface area (Å²) in [5.41, 5.74) is -0.168. The number of ether oxygens (including phenoxy) is 2. The summed E-state index contributed by atoms with van der Waals surface area (Å²) in [4.78, 5) is 32.0. The number of thioether (sulfide) groups is 1. The number of halogens is 2. The summed E-state index contributed by atoms with van der Waals surface area (Å²) >= 11 is 7.08. The first kappa shape index (κ1) is 18.2. The SMILES string of the molecule is COc1ccc(F)cc1C(=O)COC(=O)c1nc(SC)ncc1Cl. The van der Waals surface area contributed by atoms with Crippen LogP contribution in [0, 0.1) is 5.82 Å². The number of methoxy groups -OCH3 is 1. The molecule has 24 heavy (non-hydrogen) atoms. The van der Waals surface area contributed by atoms with Crippen LogP contribution in [-0.2, 0) is 4.74 Å². The smallest absolute Gasteiger partial charge is 0.359 e. The first-order valence-electron chi connectivity index (χ1n) is 6.56. The molecule has 1 heterocycles. The maximum atomic E-state index is 13.3. The Kier molecular flexibility index (Phi) is 6.10. The fraction of sp³-hybridized carbons (Fsp3) is 0.200. The predicted octanol–water partition coefficient (Wildman–Crippen LogP) is 3.04. The van der Waals surface area contributed by atoms with Crippen LogP contribution >= 0.6 is 23.4 Å². The summed E-state index contributed by atoms with van der Waals surface area (Å²) in [5, 5.41) is 0.345. The van der Waals surface area contributed by atoms with Gasteiger partial charge in [-0.05, 0) is 24.5 Å². The van der Waals surface area contributed by atoms with Gasteiger partial charge in [-0.3, -0.25) is 4.79 Å². The number of nitrogens with zero attached hydrogens (tertiary/aromatic N) is 2. The van der Waals surface area contributed by atoms with Crippen LogP contribution in [0.25, 0.3) is 0 Å². The number of aromatic nitrogens is 2. The normalized spacial score (nSPS) is 10.3. The van der Waals surface area contributed by atoms with Crippen molar-refractivity contribution in [3.63, 3.8) is 0 Å². The van der Waals surface area contributed by atoms with Gasteiger partial charge in [0.05, 0.1) is 23.9 Å². The Balaban J connectivity index is 2.12. The van der Waals surface area contributed by atoms with Gasteiger partial charge in [-0.15, -0.1) is 0 Å². The van der Waals surface area contributed by atoms with Crippen molar-refractivity contribution in [1.29, 1.82) is 0 Å². The Labute approximate surface area is 146 Å². The number of ketones is 1. The molecule has 0 aliphatic carbocycles. The van der Waals surface area contributed by atoms with E-state index in [1.54, 1.807) is 6.26 Å². The minimum Gasteiger partial charge on any atom is -0.496 e. The molecule has 0 saturated heterocycles. The fourth-order valence-corrected chi connectivity index (χ4v) is 2.28. The molecule has 0 spiro atoms. The highest BCUT2D eigenvalue weighted by Crippen LogP contribution is 2.21. The zero-order chi connectivity index (χ0) is 17.7. The molecule has 0 aliphatic rings. The highest BCUT2D eigenvalue weighted by molar-refractivity contribution is 7.98. The number of carbonyl (C=O) groups is 2. The molecule has 0 bridgehead atoms. The van der Waals surface area contributed by atoms with Crippen LogP contribution in [0.15, 0.2) is 29.6 Å². The average Bonchev–Trinajstić information content (AvgIpc) is 2.59. The molecule has 6 nitrogen and oxygen atoms in total. The summed E-state index contributed by atoms with van der Waals surface area (Å²) in [6.45, 7) is -0.604. The molecule has 0 N–H and O–H groups in total. The van der Waals surface area contributed by atoms with Crippen molar-refractivity contribution in [3.8, 4) is 5.75 Å². The molecule has 0 amide bonds. The summed E-state index contributed by atoms with van der Waals surface area (Å²) in [5.74, 6) is -1.91. The van der Waals surface area contributed by atoms with E-state index in [1.165, 1.54) is 31.1 Å². The monoisotopic (exact) mass is 370 g/mol. The topological polar surface area (TPSA) is 78.4 Å². The molecule has 0 aliphatic heterocycles. The number of hydrogen-bond acceptors (Lipinski definition) is 7. The molecule has 1 aromatic heterocycles. The summed E-state index contributed by atoms with van der Waals surface area (Å²) in [6, 6.07) is 3.49. The van der Waals surface area contributed by atoms with E-state index < -0.39 is 24.2 Å². The van der Waals surface area contributed by atoms with Crippen LogP contribution in [0.3, 0.4) is 0 Å². The molecule has 1 aromatic carbocycles. The van der Waals surface area contributed by atoms with E-state index in [0.29, 0.717) is 5.16 Å². The Morgan fingerprint density at radius 1 is 1.38 bits per heavy atom. The van der Waals surface area contributed by atoms with Crippen LogP contribution in [0.5, 0.6) is 5.75 Å². The maximum Gasteiger partial charge on any atom is 0.359 e. The van der Waals surface area contributed by atoms with E-state index >= 15 is 0 Å². The molecule has 9 heteroatoms. The highest BCUT2D eigenvalue weighted by Gasteiger charge is 2.19. The molecule has 126 valence electrons. The molecule has 0 fully saturated rings. The number of hydrogen-bond donors (Lipinski definition) is 0. The molecular weight excluding hydrogens is 359 g/mol. The van der Waals surface area contributed by atoms with Crippen molar-refractivity contribution in [1.82, 2.24) is 9.97 Å². The lowest BCUT2D eigenvalue weighted by Crippen LogP contribution is -2.17. The third-order valence-corrected chi connectivity index (χ3v) is 3.73. The van der Waals surface area contributed by atoms with E-state index in [2.05, 4.69) is 9.97 Å². The maximum absolute atomic E-state index is 13.3. The number of Topliss-reactive ketones (excluding diaryl/α,β-unsaturated/α-hetero) is 1. The van der Waals surface area contributed by atoms with Gasteiger partial charge in [0, 0.05) is 0 Å². The zero-order valence-electron chi connectivity index (χ0n) is 12.7. The van der Waals surface area contributed by atoms with Crippen molar-refractivity contribution < 1.29 is 23.5 Å². The van der Waals surface area contributed by atoms with Gasteiger partial charge in [-0.2, -0.15) is 0 Å². The van der Waals surface area contributed by atoms with E-state index in [1.807, 2.05) is 0 Å². The lowest BCUT2D eigenvalue weighted by atomic mass is 10.1. The van der Waals surface area contributed by atoms with Gasteiger partial charge in [-0.1, -0.05) is 23.4 Å². The molecule has 2 rings (SSSR count). The Morgan fingerprint density at radius 3 is 2.79 bits per heavy atom. The molecule has 0 saturated carbocycles. The number of esters is 1. The summed E-state index contributed by atoms with van der Waals surface area (Å²) in [6.07, 6.45) is 3.01. The molecule has 2 aromatic rings. The van der Waals surface area contributed by atoms with Crippen LogP contribution in [0.4, 0.5) is 4.39 Å². The van der Waals surface area contributed by atoms with Crippen LogP contribution in [0.1, 0.15) is 20.8 Å². The van der Waals surface area contributed by atoms with Crippen molar-refractivity contribution in [3.05, 3.63) is 46.5 Å². The second-order valence-electron chi connectivity index (χ2n) is 4.40. The third kappa shape index (κ3) is 4.21. The Bertz CT molecular complexity index is 788. The molecule has 0 radical (unpaired) electrons. The zero-order valence-corrected chi connectivity index (χ0v) is 14.3. The summed E-state index contributed by atoms with van der Waals surface area (Å²) in [7, 11) is 1.35. The first-order valence-corrected chi connectivity index (χ1v) is 8.17. The lowest BCUT2D eigenvalue weighted by molar-refractivity contribution is 0.0467. The molecule has 0 unspecified atom stereocenters. The molecule has 0 atom stereocenters. The van der Waals surface area contributed by atoms with Gasteiger partial charge in [0.25, 0.3) is 0 Å². The first-order chi connectivity index (χ1) is 11.5. The van der Waals surface area contributed by atoms with Crippen LogP contribution < -0.4 is 4.74 Å². The van der Waals surface area contributed by atoms with Gasteiger partial charge in [-0.25, -0.2) is 19.2 Å². The molecular formula is C15H12ClFN2O4S. The fourth-order valence-electron chi connectivity index (χ4n) is 1.77. The van der Waals surface area contributed by atoms with E-state index in [9.17, 15) is 14.0 Å². The summed E-state index contributed by atoms with van der Waals surface area (Å²) < 4.78 is 23.2. The minimum atomic E-state index is -0.874. The number of carbonyl (C=O) groups excluding carboxylic acids is 2. The number of rotatable bonds is 6. The lowest BCUT2D eigenvalue weighted by Gasteiger charge is -2.09. The Hall–Kier alpha value is -2.19. The van der Waals surface area contributed by atoms with E-state index in [0.717, 1.165) is 12.1 Å². The average molecular weight is 371 g/mol. The van der Waals surface area contributed by atoms with Crippen molar-refractivity contribution in [2.75, 3.05) is 20.0 Å². The van der Waals surface area contributed by atoms with Crippen molar-refractivity contribution in [2.45, 2.75) is 5.16 Å². The van der Waals surface area contributed by atoms with Crippen LogP contribution in [0.2, 0.25) is 5.02 Å². The number of benzene rings is 1. The highest BCUT2D eigenvalue weighted by atomic mass is 35.5. The Morgan fingerprint density at radius 2 is 2.12 bits per heavy atom.